The number of azo groups is 1. The van der Waals surface area contributed by atoms with E-state index in [1.165, 1.54) is 24.3 Å². The molecule has 0 unspecified atom stereocenters. The SMILES string of the molecule is CO.Cc1nc(N(C)c2ccc(N=Nc3ccc(/C=C/c4ccc(N)cc4S(=O)(=O)O)c(SO)c3)cc2)[nH+]c(=O)[nH]1. The van der Waals surface area contributed by atoms with E-state index < -0.39 is 10.1 Å². The second-order valence-corrected chi connectivity index (χ2v) is 10.3. The molecule has 0 aliphatic carbocycles. The van der Waals surface area contributed by atoms with Gasteiger partial charge in [-0.1, -0.05) is 29.3 Å². The molecule has 0 spiro atoms. The minimum absolute atomic E-state index is 0.196. The maximum Gasteiger partial charge on any atom is 0.413 e. The largest absolute Gasteiger partial charge is 0.413 e. The number of benzene rings is 3. The zero-order chi connectivity index (χ0) is 30.2. The van der Waals surface area contributed by atoms with E-state index in [0.717, 1.165) is 12.8 Å². The number of nitrogen functional groups attached to an aromatic ring is 1. The van der Waals surface area contributed by atoms with E-state index in [4.69, 9.17) is 10.8 Å². The van der Waals surface area contributed by atoms with E-state index in [0.29, 0.717) is 45.6 Å². The summed E-state index contributed by atoms with van der Waals surface area (Å²) < 4.78 is 42.7. The summed E-state index contributed by atoms with van der Waals surface area (Å²) in [5, 5.41) is 15.5. The van der Waals surface area contributed by atoms with Crippen molar-refractivity contribution in [1.29, 1.82) is 0 Å². The van der Waals surface area contributed by atoms with Crippen molar-refractivity contribution in [3.05, 3.63) is 88.1 Å². The van der Waals surface area contributed by atoms with Gasteiger partial charge in [-0.3, -0.25) is 9.45 Å². The molecule has 41 heavy (non-hydrogen) atoms. The normalized spacial score (nSPS) is 11.5. The molecule has 15 heteroatoms. The van der Waals surface area contributed by atoms with Gasteiger partial charge >= 0.3 is 11.6 Å². The van der Waals surface area contributed by atoms with Crippen LogP contribution in [0.3, 0.4) is 0 Å². The molecule has 3 aromatic carbocycles. The summed E-state index contributed by atoms with van der Waals surface area (Å²) in [5.41, 5.74) is 8.15. The molecule has 13 nitrogen and oxygen atoms in total. The fourth-order valence-corrected chi connectivity index (χ4v) is 4.68. The number of nitrogens with zero attached hydrogens (tertiary/aromatic N) is 4. The molecule has 0 bridgehead atoms. The monoisotopic (exact) mass is 598 g/mol. The second-order valence-electron chi connectivity index (χ2n) is 8.29. The molecule has 214 valence electrons. The highest BCUT2D eigenvalue weighted by Crippen LogP contribution is 2.30. The number of nitrogens with two attached hydrogens (primary N) is 1. The second kappa shape index (κ2) is 13.8. The van der Waals surface area contributed by atoms with Crippen LogP contribution in [0, 0.1) is 6.92 Å². The number of nitrogens with one attached hydrogen (secondary N) is 2. The highest BCUT2D eigenvalue weighted by Gasteiger charge is 2.16. The molecule has 0 saturated heterocycles. The van der Waals surface area contributed by atoms with Crippen LogP contribution in [0.5, 0.6) is 0 Å². The van der Waals surface area contributed by atoms with Gasteiger partial charge in [0.1, 0.15) is 4.90 Å². The minimum Gasteiger partial charge on any atom is -0.400 e. The number of hydrogen-bond acceptors (Lipinski definition) is 11. The zero-order valence-electron chi connectivity index (χ0n) is 22.2. The Bertz CT molecular complexity index is 1740. The summed E-state index contributed by atoms with van der Waals surface area (Å²) in [6.45, 7) is 1.69. The lowest BCUT2D eigenvalue weighted by molar-refractivity contribution is -0.392. The van der Waals surface area contributed by atoms with Crippen LogP contribution >= 0.6 is 12.0 Å². The number of aliphatic hydroxyl groups is 1. The van der Waals surface area contributed by atoms with Gasteiger partial charge in [0.15, 0.2) is 0 Å². The fraction of sp³-hybridized carbons (Fsp3) is 0.115. The van der Waals surface area contributed by atoms with E-state index in [-0.39, 0.29) is 21.8 Å². The third-order valence-corrected chi connectivity index (χ3v) is 6.94. The number of H-pyrrole nitrogens is 2. The van der Waals surface area contributed by atoms with E-state index in [1.54, 1.807) is 67.4 Å². The Morgan fingerprint density at radius 1 is 1.00 bits per heavy atom. The van der Waals surface area contributed by atoms with Crippen LogP contribution in [0.15, 0.2) is 85.5 Å². The molecule has 0 aliphatic rings. The molecule has 1 heterocycles. The maximum absolute atomic E-state index is 11.7. The lowest BCUT2D eigenvalue weighted by Crippen LogP contribution is -2.36. The standard InChI is InChI=1S/C25H23N7O5S2.CH4O/c1-15-27-24(29-25(33)28-15)32(2)21-11-9-19(10-12-21)30-31-20-8-6-16(22(14-20)38-34)3-4-17-5-7-18(26)13-23(17)39(35,36)37;1-2/h3-14,34H,26H2,1-2H3,(H,35,36,37)(H,27,28,29,33);2H,1H3/p+1/b4-3+,31-30?;. The summed E-state index contributed by atoms with van der Waals surface area (Å²) >= 11 is 0.504. The number of aliphatic hydroxyl groups excluding tert-OH is 1. The van der Waals surface area contributed by atoms with Crippen molar-refractivity contribution in [3.63, 3.8) is 0 Å². The lowest BCUT2D eigenvalue weighted by atomic mass is 10.1. The van der Waals surface area contributed by atoms with Gasteiger partial charge < -0.3 is 15.4 Å². The number of hydrogen-bond donors (Lipinski definition) is 5. The summed E-state index contributed by atoms with van der Waals surface area (Å²) in [6, 6.07) is 16.3. The molecule has 0 atom stereocenters. The third kappa shape index (κ3) is 8.29. The molecule has 0 saturated carbocycles. The number of anilines is 3. The van der Waals surface area contributed by atoms with Crippen molar-refractivity contribution in [2.45, 2.75) is 16.7 Å². The Kier molecular flexibility index (Phi) is 10.5. The lowest BCUT2D eigenvalue weighted by Gasteiger charge is -2.11. The smallest absolute Gasteiger partial charge is 0.400 e. The number of aromatic nitrogens is 3. The van der Waals surface area contributed by atoms with Crippen LogP contribution in [-0.2, 0) is 10.1 Å². The summed E-state index contributed by atoms with van der Waals surface area (Å²) in [7, 11) is -1.70. The molecule has 7 N–H and O–H groups in total. The first kappa shape index (κ1) is 31.1. The van der Waals surface area contributed by atoms with Crippen molar-refractivity contribution < 1.29 is 27.6 Å². The Balaban J connectivity index is 0.00000226. The Labute approximate surface area is 240 Å². The third-order valence-electron chi connectivity index (χ3n) is 5.48. The number of aryl methyl sites for hydroxylation is 1. The van der Waals surface area contributed by atoms with Crippen molar-refractivity contribution in [2.75, 3.05) is 24.8 Å². The Morgan fingerprint density at radius 3 is 2.24 bits per heavy atom. The van der Waals surface area contributed by atoms with Crippen LogP contribution in [-0.4, -0.2) is 46.8 Å². The topological polar surface area (TPSA) is 209 Å². The van der Waals surface area contributed by atoms with E-state index in [9.17, 15) is 22.3 Å². The van der Waals surface area contributed by atoms with E-state index >= 15 is 0 Å². The van der Waals surface area contributed by atoms with Gasteiger partial charge in [-0.05, 0) is 59.7 Å². The Morgan fingerprint density at radius 2 is 1.61 bits per heavy atom. The van der Waals surface area contributed by atoms with Crippen molar-refractivity contribution in [3.8, 4) is 0 Å². The summed E-state index contributed by atoms with van der Waals surface area (Å²) in [6.07, 6.45) is 3.10. The molecule has 4 rings (SSSR count). The number of aromatic amines is 2. The van der Waals surface area contributed by atoms with Crippen LogP contribution in [0.1, 0.15) is 17.0 Å². The number of rotatable bonds is 8. The summed E-state index contributed by atoms with van der Waals surface area (Å²) in [4.78, 5) is 23.0. The van der Waals surface area contributed by atoms with E-state index in [2.05, 4.69) is 25.2 Å². The van der Waals surface area contributed by atoms with Gasteiger partial charge in [0.2, 0.25) is 5.82 Å². The first-order valence-corrected chi connectivity index (χ1v) is 14.0. The molecule has 0 fully saturated rings. The first-order valence-electron chi connectivity index (χ1n) is 11.7. The quantitative estimate of drug-likeness (QED) is 0.0640. The molecular weight excluding hydrogens is 570 g/mol. The molecule has 0 radical (unpaired) electrons. The average molecular weight is 599 g/mol. The molecule has 1 aromatic heterocycles. The molecule has 0 amide bonds. The predicted octanol–water partition coefficient (Wildman–Crippen LogP) is 4.25. The minimum atomic E-state index is -4.48. The van der Waals surface area contributed by atoms with Crippen molar-refractivity contribution >= 4 is 63.0 Å². The van der Waals surface area contributed by atoms with Gasteiger partial charge in [0, 0.05) is 43.7 Å². The average Bonchev–Trinajstić information content (AvgIpc) is 2.95. The van der Waals surface area contributed by atoms with Crippen LogP contribution in [0.2, 0.25) is 0 Å². The van der Waals surface area contributed by atoms with Crippen molar-refractivity contribution in [2.24, 2.45) is 10.2 Å². The van der Waals surface area contributed by atoms with Crippen LogP contribution in [0.4, 0.5) is 28.7 Å². The predicted molar refractivity (Wildman–Crippen MR) is 157 cm³/mol. The van der Waals surface area contributed by atoms with Gasteiger partial charge in [-0.25, -0.2) is 14.8 Å². The van der Waals surface area contributed by atoms with Gasteiger partial charge in [-0.2, -0.15) is 18.6 Å². The van der Waals surface area contributed by atoms with E-state index in [1.807, 2.05) is 0 Å². The molecule has 0 aliphatic heterocycles. The van der Waals surface area contributed by atoms with Gasteiger partial charge in [-0.15, -0.1) is 0 Å². The molecule has 4 aromatic rings. The maximum atomic E-state index is 11.7. The zero-order valence-corrected chi connectivity index (χ0v) is 23.8. The Hall–Kier alpha value is -4.41. The van der Waals surface area contributed by atoms with Crippen LogP contribution < -0.4 is 21.3 Å². The van der Waals surface area contributed by atoms with Crippen LogP contribution in [0.25, 0.3) is 12.2 Å². The fourth-order valence-electron chi connectivity index (χ4n) is 3.54. The summed E-state index contributed by atoms with van der Waals surface area (Å²) in [5.74, 6) is 0.875. The molecular formula is C26H28N7O6S2+. The highest BCUT2D eigenvalue weighted by molar-refractivity contribution is 7.93. The highest BCUT2D eigenvalue weighted by atomic mass is 32.2. The van der Waals surface area contributed by atoms with Crippen molar-refractivity contribution in [1.82, 2.24) is 9.97 Å². The van der Waals surface area contributed by atoms with Gasteiger partial charge in [0.05, 0.1) is 17.1 Å². The van der Waals surface area contributed by atoms with Gasteiger partial charge in [0.25, 0.3) is 10.1 Å². The first-order chi connectivity index (χ1) is 19.5.